The molecule has 3 aromatic rings. The Morgan fingerprint density at radius 3 is 2.43 bits per heavy atom. The Kier molecular flexibility index (Phi) is 7.94. The van der Waals surface area contributed by atoms with Crippen molar-refractivity contribution >= 4 is 33.2 Å². The zero-order valence-electron chi connectivity index (χ0n) is 21.1. The van der Waals surface area contributed by atoms with E-state index in [1.807, 2.05) is 26.0 Å². The van der Waals surface area contributed by atoms with E-state index < -0.39 is 15.9 Å². The van der Waals surface area contributed by atoms with Crippen molar-refractivity contribution in [1.82, 2.24) is 5.32 Å². The lowest BCUT2D eigenvalue weighted by atomic mass is 10.1. The Morgan fingerprint density at radius 1 is 0.919 bits per heavy atom. The van der Waals surface area contributed by atoms with Crippen molar-refractivity contribution in [1.29, 1.82) is 0 Å². The van der Waals surface area contributed by atoms with Crippen LogP contribution in [0.2, 0.25) is 0 Å². The number of carbonyl (C=O) groups is 2. The highest BCUT2D eigenvalue weighted by Crippen LogP contribution is 2.24. The van der Waals surface area contributed by atoms with Crippen LogP contribution < -0.4 is 15.4 Å². The standard InChI is InChI=1S/C28H31N3O5S/c1-18-10-13-24(20(3)15-18)31-37(34,35)26-16-21(12-11-19(26)2)27(32)30-25-9-5-4-8-23(25)28(33)29-17-22-7-6-14-36-22/h4-5,8-13,15-16,22,31H,6-7,14,17H2,1-3H3,(H,29,33)(H,30,32)/t22-/m1/s1. The molecule has 1 heterocycles. The maximum absolute atomic E-state index is 13.2. The minimum Gasteiger partial charge on any atom is -0.376 e. The lowest BCUT2D eigenvalue weighted by molar-refractivity contribution is 0.0858. The molecule has 0 bridgehead atoms. The van der Waals surface area contributed by atoms with Gasteiger partial charge in [-0.3, -0.25) is 14.3 Å². The first-order chi connectivity index (χ1) is 17.6. The van der Waals surface area contributed by atoms with E-state index in [9.17, 15) is 18.0 Å². The van der Waals surface area contributed by atoms with Crippen LogP contribution in [0.4, 0.5) is 11.4 Å². The van der Waals surface area contributed by atoms with E-state index in [4.69, 9.17) is 4.74 Å². The van der Waals surface area contributed by atoms with Gasteiger partial charge in [0, 0.05) is 18.7 Å². The summed E-state index contributed by atoms with van der Waals surface area (Å²) >= 11 is 0. The number of ether oxygens (including phenoxy) is 1. The molecule has 1 aliphatic heterocycles. The predicted octanol–water partition coefficient (Wildman–Crippen LogP) is 4.57. The van der Waals surface area contributed by atoms with Gasteiger partial charge >= 0.3 is 0 Å². The summed E-state index contributed by atoms with van der Waals surface area (Å²) in [6.07, 6.45) is 1.87. The maximum Gasteiger partial charge on any atom is 0.262 e. The summed E-state index contributed by atoms with van der Waals surface area (Å²) in [5.41, 5.74) is 3.59. The van der Waals surface area contributed by atoms with Crippen molar-refractivity contribution < 1.29 is 22.7 Å². The third kappa shape index (κ3) is 6.36. The van der Waals surface area contributed by atoms with Gasteiger partial charge in [0.2, 0.25) is 0 Å². The van der Waals surface area contributed by atoms with Crippen molar-refractivity contribution in [2.45, 2.75) is 44.6 Å². The van der Waals surface area contributed by atoms with Crippen molar-refractivity contribution in [3.8, 4) is 0 Å². The van der Waals surface area contributed by atoms with Gasteiger partial charge in [0.15, 0.2) is 0 Å². The SMILES string of the molecule is Cc1ccc(NS(=O)(=O)c2cc(C(=O)Nc3ccccc3C(=O)NC[C@H]3CCCO3)ccc2C)c(C)c1. The van der Waals surface area contributed by atoms with Crippen LogP contribution in [0, 0.1) is 20.8 Å². The van der Waals surface area contributed by atoms with E-state index >= 15 is 0 Å². The fourth-order valence-corrected chi connectivity index (χ4v) is 5.65. The van der Waals surface area contributed by atoms with Gasteiger partial charge in [-0.05, 0) is 75.1 Å². The molecule has 0 aliphatic carbocycles. The number of carbonyl (C=O) groups excluding carboxylic acids is 2. The predicted molar refractivity (Wildman–Crippen MR) is 144 cm³/mol. The summed E-state index contributed by atoms with van der Waals surface area (Å²) in [5, 5.41) is 5.61. The van der Waals surface area contributed by atoms with Gasteiger partial charge in [-0.15, -0.1) is 0 Å². The number of hydrogen-bond acceptors (Lipinski definition) is 5. The smallest absolute Gasteiger partial charge is 0.262 e. The number of nitrogens with one attached hydrogen (secondary N) is 3. The molecular formula is C28H31N3O5S. The maximum atomic E-state index is 13.2. The molecule has 0 saturated carbocycles. The van der Waals surface area contributed by atoms with Crippen LogP contribution in [0.1, 0.15) is 50.2 Å². The van der Waals surface area contributed by atoms with Gasteiger partial charge in [-0.1, -0.05) is 35.9 Å². The molecule has 8 nitrogen and oxygen atoms in total. The van der Waals surface area contributed by atoms with Gasteiger partial charge in [-0.25, -0.2) is 8.42 Å². The van der Waals surface area contributed by atoms with Gasteiger partial charge in [-0.2, -0.15) is 0 Å². The van der Waals surface area contributed by atoms with E-state index in [0.717, 1.165) is 24.0 Å². The third-order valence-corrected chi connectivity index (χ3v) is 7.81. The largest absolute Gasteiger partial charge is 0.376 e. The fourth-order valence-electron chi connectivity index (χ4n) is 4.25. The number of sulfonamides is 1. The zero-order chi connectivity index (χ0) is 26.6. The fraction of sp³-hybridized carbons (Fsp3) is 0.286. The highest BCUT2D eigenvalue weighted by atomic mass is 32.2. The number of benzene rings is 3. The van der Waals surface area contributed by atoms with E-state index in [0.29, 0.717) is 35.7 Å². The number of para-hydroxylation sites is 1. The Morgan fingerprint density at radius 2 is 1.70 bits per heavy atom. The summed E-state index contributed by atoms with van der Waals surface area (Å²) < 4.78 is 34.6. The molecule has 4 rings (SSSR count). The second kappa shape index (κ2) is 11.1. The molecule has 0 unspecified atom stereocenters. The average molecular weight is 522 g/mol. The summed E-state index contributed by atoms with van der Waals surface area (Å²) in [5.74, 6) is -0.849. The molecule has 1 aliphatic rings. The van der Waals surface area contributed by atoms with Crippen LogP contribution >= 0.6 is 0 Å². The lowest BCUT2D eigenvalue weighted by Gasteiger charge is -2.15. The molecule has 1 saturated heterocycles. The van der Waals surface area contributed by atoms with E-state index in [-0.39, 0.29) is 22.5 Å². The highest BCUT2D eigenvalue weighted by molar-refractivity contribution is 7.92. The number of rotatable bonds is 8. The molecule has 3 N–H and O–H groups in total. The molecule has 2 amide bonds. The minimum absolute atomic E-state index is 0.00252. The second-order valence-corrected chi connectivity index (χ2v) is 10.9. The van der Waals surface area contributed by atoms with Crippen molar-refractivity contribution in [2.24, 2.45) is 0 Å². The Balaban J connectivity index is 1.53. The molecular weight excluding hydrogens is 490 g/mol. The number of anilines is 2. The van der Waals surface area contributed by atoms with Crippen LogP contribution in [0.25, 0.3) is 0 Å². The number of hydrogen-bond donors (Lipinski definition) is 3. The topological polar surface area (TPSA) is 114 Å². The number of aryl methyl sites for hydroxylation is 3. The summed E-state index contributed by atoms with van der Waals surface area (Å²) in [7, 11) is -3.95. The normalized spacial score (nSPS) is 15.3. The Labute approximate surface area is 217 Å². The Bertz CT molecular complexity index is 1430. The minimum atomic E-state index is -3.95. The highest BCUT2D eigenvalue weighted by Gasteiger charge is 2.22. The lowest BCUT2D eigenvalue weighted by Crippen LogP contribution is -2.32. The van der Waals surface area contributed by atoms with Crippen LogP contribution in [-0.4, -0.2) is 39.5 Å². The summed E-state index contributed by atoms with van der Waals surface area (Å²) in [4.78, 5) is 25.9. The van der Waals surface area contributed by atoms with Crippen LogP contribution in [-0.2, 0) is 14.8 Å². The molecule has 0 spiro atoms. The molecule has 194 valence electrons. The van der Waals surface area contributed by atoms with Gasteiger partial charge < -0.3 is 15.4 Å². The first-order valence-corrected chi connectivity index (χ1v) is 13.6. The van der Waals surface area contributed by atoms with E-state index in [1.165, 1.54) is 6.07 Å². The first-order valence-electron chi connectivity index (χ1n) is 12.1. The van der Waals surface area contributed by atoms with Crippen molar-refractivity contribution in [2.75, 3.05) is 23.2 Å². The number of amides is 2. The molecule has 0 aromatic heterocycles. The molecule has 37 heavy (non-hydrogen) atoms. The van der Waals surface area contributed by atoms with Gasteiger partial charge in [0.1, 0.15) is 0 Å². The molecule has 3 aromatic carbocycles. The van der Waals surface area contributed by atoms with Gasteiger partial charge in [0.05, 0.1) is 27.9 Å². The average Bonchev–Trinajstić information content (AvgIpc) is 3.38. The second-order valence-electron chi connectivity index (χ2n) is 9.25. The Hall–Kier alpha value is -3.69. The van der Waals surface area contributed by atoms with Crippen LogP contribution in [0.5, 0.6) is 0 Å². The van der Waals surface area contributed by atoms with Crippen LogP contribution in [0.3, 0.4) is 0 Å². The summed E-state index contributed by atoms with van der Waals surface area (Å²) in [6.45, 7) is 6.53. The molecule has 1 fully saturated rings. The van der Waals surface area contributed by atoms with Crippen LogP contribution in [0.15, 0.2) is 65.6 Å². The molecule has 1 atom stereocenters. The quantitative estimate of drug-likeness (QED) is 0.402. The zero-order valence-corrected chi connectivity index (χ0v) is 21.9. The monoisotopic (exact) mass is 521 g/mol. The van der Waals surface area contributed by atoms with Crippen molar-refractivity contribution in [3.05, 3.63) is 88.5 Å². The third-order valence-electron chi connectivity index (χ3n) is 6.30. The molecule has 0 radical (unpaired) electrons. The van der Waals surface area contributed by atoms with Gasteiger partial charge in [0.25, 0.3) is 21.8 Å². The van der Waals surface area contributed by atoms with Crippen molar-refractivity contribution in [3.63, 3.8) is 0 Å². The van der Waals surface area contributed by atoms with E-state index in [2.05, 4.69) is 15.4 Å². The molecule has 9 heteroatoms. The first kappa shape index (κ1) is 26.4. The van der Waals surface area contributed by atoms with E-state index in [1.54, 1.807) is 49.4 Å². The summed E-state index contributed by atoms with van der Waals surface area (Å²) in [6, 6.07) is 16.6.